The average molecular weight is 359 g/mol. The Morgan fingerprint density at radius 2 is 1.74 bits per heavy atom. The van der Waals surface area contributed by atoms with Crippen LogP contribution in [0.25, 0.3) is 22.0 Å². The van der Waals surface area contributed by atoms with Crippen molar-refractivity contribution in [1.29, 1.82) is 0 Å². The van der Waals surface area contributed by atoms with Gasteiger partial charge in [0.25, 0.3) is 5.56 Å². The van der Waals surface area contributed by atoms with Gasteiger partial charge in [0, 0.05) is 30.7 Å². The second-order valence-electron chi connectivity index (χ2n) is 8.12. The van der Waals surface area contributed by atoms with Crippen LogP contribution in [-0.4, -0.2) is 36.1 Å². The molecule has 1 aromatic heterocycles. The highest BCUT2D eigenvalue weighted by molar-refractivity contribution is 5.87. The van der Waals surface area contributed by atoms with Crippen LogP contribution >= 0.6 is 0 Å². The number of H-pyrrole nitrogens is 1. The Kier molecular flexibility index (Phi) is 4.10. The predicted molar refractivity (Wildman–Crippen MR) is 110 cm³/mol. The van der Waals surface area contributed by atoms with E-state index in [1.807, 2.05) is 12.1 Å². The van der Waals surface area contributed by atoms with Crippen LogP contribution in [0.1, 0.15) is 11.1 Å². The number of aromatic amines is 1. The van der Waals surface area contributed by atoms with Crippen LogP contribution in [0.2, 0.25) is 0 Å². The van der Waals surface area contributed by atoms with E-state index in [1.54, 1.807) is 0 Å². The molecule has 2 atom stereocenters. The Bertz CT molecular complexity index is 1030. The van der Waals surface area contributed by atoms with Crippen molar-refractivity contribution in [1.82, 2.24) is 15.2 Å². The van der Waals surface area contributed by atoms with E-state index >= 15 is 0 Å². The number of nitrogens with zero attached hydrogens (tertiary/aromatic N) is 1. The molecule has 4 nitrogen and oxygen atoms in total. The Hall–Kier alpha value is -2.43. The molecule has 2 unspecified atom stereocenters. The number of benzene rings is 2. The molecule has 0 saturated carbocycles. The van der Waals surface area contributed by atoms with E-state index in [9.17, 15) is 4.79 Å². The van der Waals surface area contributed by atoms with Crippen LogP contribution in [0, 0.1) is 18.8 Å². The normalized spacial score (nSPS) is 22.4. The summed E-state index contributed by atoms with van der Waals surface area (Å²) in [5.41, 5.74) is 4.39. The lowest BCUT2D eigenvalue weighted by molar-refractivity contribution is 0.305. The predicted octanol–water partition coefficient (Wildman–Crippen LogP) is 3.15. The summed E-state index contributed by atoms with van der Waals surface area (Å²) >= 11 is 0. The molecule has 0 bridgehead atoms. The van der Waals surface area contributed by atoms with Gasteiger partial charge in [-0.1, -0.05) is 36.4 Å². The maximum atomic E-state index is 12.5. The summed E-state index contributed by atoms with van der Waals surface area (Å²) in [6, 6.07) is 16.6. The Balaban J connectivity index is 1.38. The van der Waals surface area contributed by atoms with Crippen LogP contribution in [0.5, 0.6) is 0 Å². The Labute approximate surface area is 159 Å². The van der Waals surface area contributed by atoms with Gasteiger partial charge < -0.3 is 10.3 Å². The lowest BCUT2D eigenvalue weighted by atomic mass is 10.0. The van der Waals surface area contributed by atoms with Gasteiger partial charge in [-0.2, -0.15) is 0 Å². The third kappa shape index (κ3) is 3.09. The molecule has 2 N–H and O–H groups in total. The summed E-state index contributed by atoms with van der Waals surface area (Å²) in [4.78, 5) is 18.1. The molecule has 5 rings (SSSR count). The monoisotopic (exact) mass is 359 g/mol. The van der Waals surface area contributed by atoms with Crippen molar-refractivity contribution in [3.05, 3.63) is 70.0 Å². The number of nitrogens with one attached hydrogen (secondary N) is 2. The summed E-state index contributed by atoms with van der Waals surface area (Å²) < 4.78 is 0. The summed E-state index contributed by atoms with van der Waals surface area (Å²) in [5.74, 6) is 1.66. The van der Waals surface area contributed by atoms with Gasteiger partial charge in [-0.25, -0.2) is 0 Å². The molecule has 3 heterocycles. The van der Waals surface area contributed by atoms with E-state index in [2.05, 4.69) is 58.5 Å². The van der Waals surface area contributed by atoms with Crippen molar-refractivity contribution >= 4 is 10.8 Å². The number of fused-ring (bicyclic) bond motifs is 2. The van der Waals surface area contributed by atoms with Crippen molar-refractivity contribution in [2.24, 2.45) is 11.8 Å². The number of hydrogen-bond acceptors (Lipinski definition) is 3. The molecule has 2 fully saturated rings. The Morgan fingerprint density at radius 3 is 2.48 bits per heavy atom. The number of pyridine rings is 1. The van der Waals surface area contributed by atoms with Crippen LogP contribution < -0.4 is 10.9 Å². The fourth-order valence-electron chi connectivity index (χ4n) is 4.73. The van der Waals surface area contributed by atoms with Crippen molar-refractivity contribution in [3.8, 4) is 11.3 Å². The minimum atomic E-state index is -0.0208. The van der Waals surface area contributed by atoms with E-state index in [4.69, 9.17) is 0 Å². The largest absolute Gasteiger partial charge is 0.321 e. The summed E-state index contributed by atoms with van der Waals surface area (Å²) in [6.07, 6.45) is 0. The van der Waals surface area contributed by atoms with Crippen LogP contribution in [-0.2, 0) is 6.54 Å². The van der Waals surface area contributed by atoms with Gasteiger partial charge in [-0.05, 0) is 66.1 Å². The Morgan fingerprint density at radius 1 is 1.00 bits per heavy atom. The van der Waals surface area contributed by atoms with E-state index in [0.717, 1.165) is 46.0 Å². The number of likely N-dealkylation sites (tertiary alicyclic amines) is 1. The molecule has 138 valence electrons. The van der Waals surface area contributed by atoms with Gasteiger partial charge in [-0.3, -0.25) is 9.69 Å². The molecule has 2 aliphatic heterocycles. The highest BCUT2D eigenvalue weighted by Crippen LogP contribution is 2.28. The molecule has 0 amide bonds. The minimum Gasteiger partial charge on any atom is -0.321 e. The second kappa shape index (κ2) is 6.63. The number of hydrogen-bond donors (Lipinski definition) is 2. The first-order valence-electron chi connectivity index (χ1n) is 9.82. The molecule has 0 aliphatic carbocycles. The zero-order valence-corrected chi connectivity index (χ0v) is 15.7. The second-order valence-corrected chi connectivity index (χ2v) is 8.12. The SMILES string of the molecule is Cc1cccc2c(=O)[nH]c(-c3ccc(CN4CC5CNCC5C4)cc3)cc12. The van der Waals surface area contributed by atoms with Crippen molar-refractivity contribution in [2.45, 2.75) is 13.5 Å². The lowest BCUT2D eigenvalue weighted by Gasteiger charge is -2.17. The number of aryl methyl sites for hydroxylation is 1. The van der Waals surface area contributed by atoms with E-state index < -0.39 is 0 Å². The maximum Gasteiger partial charge on any atom is 0.256 e. The van der Waals surface area contributed by atoms with Crippen molar-refractivity contribution < 1.29 is 0 Å². The standard InChI is InChI=1S/C23H25N3O/c1-15-3-2-4-20-21(15)9-22(25-23(20)27)17-7-5-16(6-8-17)12-26-13-18-10-24-11-19(18)14-26/h2-9,18-19,24H,10-14H2,1H3,(H,25,27). The maximum absolute atomic E-state index is 12.5. The molecule has 2 aromatic carbocycles. The van der Waals surface area contributed by atoms with Gasteiger partial charge in [-0.15, -0.1) is 0 Å². The highest BCUT2D eigenvalue weighted by atomic mass is 16.1. The van der Waals surface area contributed by atoms with Gasteiger partial charge in [0.15, 0.2) is 0 Å². The molecule has 2 aliphatic rings. The summed E-state index contributed by atoms with van der Waals surface area (Å²) in [5, 5.41) is 5.28. The van der Waals surface area contributed by atoms with Gasteiger partial charge in [0.2, 0.25) is 0 Å². The average Bonchev–Trinajstić information content (AvgIpc) is 3.25. The molecular formula is C23H25N3O. The molecule has 2 saturated heterocycles. The fraction of sp³-hybridized carbons (Fsp3) is 0.348. The van der Waals surface area contributed by atoms with E-state index in [-0.39, 0.29) is 5.56 Å². The summed E-state index contributed by atoms with van der Waals surface area (Å²) in [7, 11) is 0. The van der Waals surface area contributed by atoms with Crippen LogP contribution in [0.4, 0.5) is 0 Å². The zero-order chi connectivity index (χ0) is 18.4. The number of aromatic nitrogens is 1. The van der Waals surface area contributed by atoms with Crippen LogP contribution in [0.3, 0.4) is 0 Å². The van der Waals surface area contributed by atoms with Gasteiger partial charge >= 0.3 is 0 Å². The van der Waals surface area contributed by atoms with Gasteiger partial charge in [0.1, 0.15) is 0 Å². The molecule has 0 radical (unpaired) electrons. The zero-order valence-electron chi connectivity index (χ0n) is 15.7. The molecule has 3 aromatic rings. The fourth-order valence-corrected chi connectivity index (χ4v) is 4.73. The molecule has 4 heteroatoms. The topological polar surface area (TPSA) is 48.1 Å². The van der Waals surface area contributed by atoms with Gasteiger partial charge in [0.05, 0.1) is 0 Å². The minimum absolute atomic E-state index is 0.0208. The summed E-state index contributed by atoms with van der Waals surface area (Å²) in [6.45, 7) is 7.83. The quantitative estimate of drug-likeness (QED) is 0.755. The first kappa shape index (κ1) is 16.7. The molecule has 0 spiro atoms. The third-order valence-electron chi connectivity index (χ3n) is 6.24. The number of rotatable bonds is 3. The van der Waals surface area contributed by atoms with Crippen molar-refractivity contribution in [3.63, 3.8) is 0 Å². The molecular weight excluding hydrogens is 334 g/mol. The highest BCUT2D eigenvalue weighted by Gasteiger charge is 2.35. The third-order valence-corrected chi connectivity index (χ3v) is 6.24. The van der Waals surface area contributed by atoms with Crippen LogP contribution in [0.15, 0.2) is 53.3 Å². The first-order valence-corrected chi connectivity index (χ1v) is 9.82. The molecule has 27 heavy (non-hydrogen) atoms. The van der Waals surface area contributed by atoms with E-state index in [0.29, 0.717) is 0 Å². The van der Waals surface area contributed by atoms with E-state index in [1.165, 1.54) is 31.7 Å². The smallest absolute Gasteiger partial charge is 0.256 e. The van der Waals surface area contributed by atoms with Crippen molar-refractivity contribution in [2.75, 3.05) is 26.2 Å². The lowest BCUT2D eigenvalue weighted by Crippen LogP contribution is -2.25. The first-order chi connectivity index (χ1) is 13.2.